The topological polar surface area (TPSA) is 8.17 Å². The van der Waals surface area contributed by atoms with Gasteiger partial charge >= 0.3 is 0 Å². The summed E-state index contributed by atoms with van der Waals surface area (Å²) in [6, 6.07) is 75.2. The third kappa shape index (κ3) is 5.32. The highest BCUT2D eigenvalue weighted by Crippen LogP contribution is 2.43. The van der Waals surface area contributed by atoms with Crippen LogP contribution >= 0.6 is 11.3 Å². The van der Waals surface area contributed by atoms with Crippen LogP contribution in [0.2, 0.25) is 0 Å². The average Bonchev–Trinajstić information content (AvgIpc) is 3.80. The van der Waals surface area contributed by atoms with Gasteiger partial charge in [0.2, 0.25) is 0 Å². The van der Waals surface area contributed by atoms with Crippen molar-refractivity contribution in [1.82, 2.24) is 4.57 Å². The quantitative estimate of drug-likeness (QED) is 0.166. The Bertz CT molecular complexity index is 3210. The van der Waals surface area contributed by atoms with Gasteiger partial charge in [-0.15, -0.1) is 11.3 Å². The van der Waals surface area contributed by atoms with Crippen LogP contribution in [-0.4, -0.2) is 4.57 Å². The molecule has 0 bridgehead atoms. The van der Waals surface area contributed by atoms with Crippen LogP contribution in [0.25, 0.3) is 80.7 Å². The second-order valence-electron chi connectivity index (χ2n) is 14.2. The molecular formula is C52H34N2S. The molecule has 55 heavy (non-hydrogen) atoms. The van der Waals surface area contributed by atoms with Crippen LogP contribution in [0.15, 0.2) is 206 Å². The highest BCUT2D eigenvalue weighted by atomic mass is 32.1. The molecule has 2 heterocycles. The summed E-state index contributed by atoms with van der Waals surface area (Å²) in [7, 11) is 0. The fourth-order valence-electron chi connectivity index (χ4n) is 8.41. The second kappa shape index (κ2) is 12.9. The highest BCUT2D eigenvalue weighted by molar-refractivity contribution is 7.25. The van der Waals surface area contributed by atoms with Gasteiger partial charge in [0.15, 0.2) is 0 Å². The summed E-state index contributed by atoms with van der Waals surface area (Å²) >= 11 is 1.86. The fraction of sp³-hybridized carbons (Fsp3) is 0. The van der Waals surface area contributed by atoms with Gasteiger partial charge in [-0.25, -0.2) is 0 Å². The molecule has 9 aromatic carbocycles. The lowest BCUT2D eigenvalue weighted by molar-refractivity contribution is 1.18. The Morgan fingerprint density at radius 2 is 0.945 bits per heavy atom. The van der Waals surface area contributed by atoms with Crippen molar-refractivity contribution in [2.75, 3.05) is 4.90 Å². The van der Waals surface area contributed by atoms with Crippen molar-refractivity contribution in [2.24, 2.45) is 0 Å². The van der Waals surface area contributed by atoms with E-state index < -0.39 is 0 Å². The van der Waals surface area contributed by atoms with Crippen LogP contribution in [0.3, 0.4) is 0 Å². The van der Waals surface area contributed by atoms with Gasteiger partial charge in [0, 0.05) is 53.7 Å². The van der Waals surface area contributed by atoms with E-state index in [1.165, 1.54) is 75.0 Å². The Hall–Kier alpha value is -6.94. The van der Waals surface area contributed by atoms with Crippen LogP contribution in [-0.2, 0) is 0 Å². The number of aromatic nitrogens is 1. The minimum atomic E-state index is 1.11. The fourth-order valence-corrected chi connectivity index (χ4v) is 9.49. The zero-order valence-electron chi connectivity index (χ0n) is 29.9. The number of hydrogen-bond acceptors (Lipinski definition) is 2. The molecule has 0 N–H and O–H groups in total. The van der Waals surface area contributed by atoms with Gasteiger partial charge in [0.25, 0.3) is 0 Å². The Labute approximate surface area is 323 Å². The first-order valence-corrected chi connectivity index (χ1v) is 19.6. The van der Waals surface area contributed by atoms with E-state index in [1.807, 2.05) is 11.3 Å². The molecule has 0 spiro atoms. The smallest absolute Gasteiger partial charge is 0.0547 e. The van der Waals surface area contributed by atoms with E-state index in [1.54, 1.807) is 0 Å². The van der Waals surface area contributed by atoms with E-state index in [2.05, 4.69) is 216 Å². The van der Waals surface area contributed by atoms with Crippen LogP contribution in [0.5, 0.6) is 0 Å². The molecule has 0 atom stereocenters. The molecule has 11 rings (SSSR count). The highest BCUT2D eigenvalue weighted by Gasteiger charge is 2.19. The van der Waals surface area contributed by atoms with E-state index in [4.69, 9.17) is 0 Å². The minimum Gasteiger partial charge on any atom is -0.310 e. The molecule has 2 nitrogen and oxygen atoms in total. The molecule has 0 fully saturated rings. The summed E-state index contributed by atoms with van der Waals surface area (Å²) < 4.78 is 5.02. The molecule has 258 valence electrons. The summed E-state index contributed by atoms with van der Waals surface area (Å²) in [5.41, 5.74) is 11.7. The standard InChI is InChI=1S/C52H34N2S/c1-3-13-35(14-4-1)37-16-11-20-41(31-37)53(43-27-30-51-46(34-43)45-23-9-10-24-50(45)55-51)42-21-12-17-38(32-42)39-26-28-48-47(33-39)52-44-22-8-7-15-36(44)25-29-49(52)54(48)40-18-5-2-6-19-40/h1-34H. The van der Waals surface area contributed by atoms with E-state index in [-0.39, 0.29) is 0 Å². The minimum absolute atomic E-state index is 1.11. The molecule has 0 amide bonds. The number of nitrogens with zero attached hydrogens (tertiary/aromatic N) is 2. The first-order chi connectivity index (χ1) is 27.3. The zero-order chi connectivity index (χ0) is 36.3. The maximum absolute atomic E-state index is 2.41. The van der Waals surface area contributed by atoms with Gasteiger partial charge in [0.1, 0.15) is 0 Å². The lowest BCUT2D eigenvalue weighted by atomic mass is 9.99. The number of anilines is 3. The number of rotatable bonds is 6. The lowest BCUT2D eigenvalue weighted by Crippen LogP contribution is -2.10. The van der Waals surface area contributed by atoms with Gasteiger partial charge in [-0.1, -0.05) is 127 Å². The number of para-hydroxylation sites is 1. The van der Waals surface area contributed by atoms with E-state index in [0.717, 1.165) is 22.7 Å². The number of thiophene rings is 1. The van der Waals surface area contributed by atoms with Crippen LogP contribution in [0.1, 0.15) is 0 Å². The van der Waals surface area contributed by atoms with Crippen molar-refractivity contribution in [3.63, 3.8) is 0 Å². The number of hydrogen-bond donors (Lipinski definition) is 0. The summed E-state index contributed by atoms with van der Waals surface area (Å²) in [6.45, 7) is 0. The van der Waals surface area contributed by atoms with E-state index >= 15 is 0 Å². The van der Waals surface area contributed by atoms with Crippen molar-refractivity contribution in [2.45, 2.75) is 0 Å². The molecule has 0 unspecified atom stereocenters. The van der Waals surface area contributed by atoms with Gasteiger partial charge in [0.05, 0.1) is 11.0 Å². The van der Waals surface area contributed by atoms with Gasteiger partial charge in [-0.05, 0) is 112 Å². The Morgan fingerprint density at radius 3 is 1.75 bits per heavy atom. The summed E-state index contributed by atoms with van der Waals surface area (Å²) in [5.74, 6) is 0. The lowest BCUT2D eigenvalue weighted by Gasteiger charge is -2.27. The van der Waals surface area contributed by atoms with Crippen LogP contribution in [0, 0.1) is 0 Å². The molecule has 0 aliphatic rings. The third-order valence-corrected chi connectivity index (χ3v) is 12.1. The summed E-state index contributed by atoms with van der Waals surface area (Å²) in [4.78, 5) is 2.41. The molecular weight excluding hydrogens is 685 g/mol. The molecule has 0 radical (unpaired) electrons. The van der Waals surface area contributed by atoms with Crippen molar-refractivity contribution in [3.05, 3.63) is 206 Å². The summed E-state index contributed by atoms with van der Waals surface area (Å²) in [6.07, 6.45) is 0. The van der Waals surface area contributed by atoms with Crippen molar-refractivity contribution in [1.29, 1.82) is 0 Å². The predicted octanol–water partition coefficient (Wildman–Crippen LogP) is 15.1. The Morgan fingerprint density at radius 1 is 0.345 bits per heavy atom. The van der Waals surface area contributed by atoms with Crippen LogP contribution in [0.4, 0.5) is 17.1 Å². The Kier molecular flexibility index (Phi) is 7.39. The SMILES string of the molecule is c1ccc(-c2cccc(N(c3cccc(-c4ccc5c(c4)c4c6ccccc6ccc4n5-c4ccccc4)c3)c3ccc4sc5ccccc5c4c3)c2)cc1. The second-order valence-corrected chi connectivity index (χ2v) is 15.2. The Balaban J connectivity index is 1.11. The van der Waals surface area contributed by atoms with E-state index in [9.17, 15) is 0 Å². The van der Waals surface area contributed by atoms with Crippen molar-refractivity contribution < 1.29 is 0 Å². The molecule has 11 aromatic rings. The summed E-state index contributed by atoms with van der Waals surface area (Å²) in [5, 5.41) is 7.63. The molecule has 0 saturated heterocycles. The molecule has 3 heteroatoms. The average molecular weight is 719 g/mol. The predicted molar refractivity (Wildman–Crippen MR) is 237 cm³/mol. The van der Waals surface area contributed by atoms with Gasteiger partial charge in [-0.3, -0.25) is 0 Å². The number of benzene rings is 9. The first-order valence-electron chi connectivity index (χ1n) is 18.8. The first kappa shape index (κ1) is 31.6. The van der Waals surface area contributed by atoms with E-state index in [0.29, 0.717) is 0 Å². The van der Waals surface area contributed by atoms with Crippen molar-refractivity contribution in [3.8, 4) is 27.9 Å². The molecule has 0 aliphatic carbocycles. The zero-order valence-corrected chi connectivity index (χ0v) is 30.7. The van der Waals surface area contributed by atoms with Crippen molar-refractivity contribution >= 4 is 81.1 Å². The van der Waals surface area contributed by atoms with Gasteiger partial charge < -0.3 is 9.47 Å². The molecule has 0 aliphatic heterocycles. The third-order valence-electron chi connectivity index (χ3n) is 10.9. The largest absolute Gasteiger partial charge is 0.310 e. The molecule has 0 saturated carbocycles. The van der Waals surface area contributed by atoms with Gasteiger partial charge in [-0.2, -0.15) is 0 Å². The maximum Gasteiger partial charge on any atom is 0.0547 e. The normalized spacial score (nSPS) is 11.6. The molecule has 2 aromatic heterocycles. The number of fused-ring (bicyclic) bond motifs is 8. The monoisotopic (exact) mass is 718 g/mol. The maximum atomic E-state index is 2.41. The van der Waals surface area contributed by atoms with Crippen LogP contribution < -0.4 is 4.90 Å².